The van der Waals surface area contributed by atoms with Crippen molar-refractivity contribution in [3.05, 3.63) is 45.3 Å². The van der Waals surface area contributed by atoms with E-state index in [9.17, 15) is 19.5 Å². The number of aromatic hydroxyl groups is 1. The predicted octanol–water partition coefficient (Wildman–Crippen LogP) is 0.417. The van der Waals surface area contributed by atoms with Crippen LogP contribution in [0.2, 0.25) is 0 Å². The summed E-state index contributed by atoms with van der Waals surface area (Å²) in [4.78, 5) is 33.9. The van der Waals surface area contributed by atoms with Crippen LogP contribution >= 0.6 is 0 Å². The maximum absolute atomic E-state index is 11.5. The summed E-state index contributed by atoms with van der Waals surface area (Å²) in [6.45, 7) is 0. The van der Waals surface area contributed by atoms with Gasteiger partial charge in [0.15, 0.2) is 11.5 Å². The first-order valence-electron chi connectivity index (χ1n) is 4.38. The summed E-state index contributed by atoms with van der Waals surface area (Å²) in [5.41, 5.74) is -0.975. The van der Waals surface area contributed by atoms with E-state index in [2.05, 4.69) is 0 Å². The molecule has 0 saturated carbocycles. The van der Waals surface area contributed by atoms with Crippen molar-refractivity contribution in [1.82, 2.24) is 0 Å². The van der Waals surface area contributed by atoms with Gasteiger partial charge >= 0.3 is 0 Å². The van der Waals surface area contributed by atoms with Crippen molar-refractivity contribution in [2.45, 2.75) is 0 Å². The minimum Gasteiger partial charge on any atom is -0.504 e. The maximum atomic E-state index is 11.5. The third kappa shape index (κ3) is 1.30. The topological polar surface area (TPSA) is 91.7 Å². The average Bonchev–Trinajstić information content (AvgIpc) is 2.37. The Hall–Kier alpha value is -2.43. The Balaban J connectivity index is 2.92. The van der Waals surface area contributed by atoms with Crippen LogP contribution in [0.15, 0.2) is 28.8 Å². The number of carbonyl (C=O) groups excluding carboxylic acids is 2. The molecule has 0 aliphatic heterocycles. The van der Waals surface area contributed by atoms with Gasteiger partial charge in [0.05, 0.1) is 5.56 Å². The van der Waals surface area contributed by atoms with Gasteiger partial charge in [-0.1, -0.05) is 12.1 Å². The molecule has 0 heterocycles. The third-order valence-corrected chi connectivity index (χ3v) is 2.24. The van der Waals surface area contributed by atoms with E-state index in [1.165, 1.54) is 12.1 Å². The SMILES string of the molecule is O=C1C(=O)c2c(cccc(=O)c2O)C=C1O. The Kier molecular flexibility index (Phi) is 2.09. The molecule has 5 heteroatoms. The van der Waals surface area contributed by atoms with Gasteiger partial charge in [-0.15, -0.1) is 0 Å². The number of aliphatic hydroxyl groups is 1. The van der Waals surface area contributed by atoms with Crippen LogP contribution in [0.4, 0.5) is 0 Å². The van der Waals surface area contributed by atoms with Crippen molar-refractivity contribution >= 4 is 17.6 Å². The van der Waals surface area contributed by atoms with Gasteiger partial charge in [-0.2, -0.15) is 0 Å². The highest BCUT2D eigenvalue weighted by molar-refractivity contribution is 6.51. The fourth-order valence-corrected chi connectivity index (χ4v) is 1.46. The Morgan fingerprint density at radius 2 is 1.62 bits per heavy atom. The summed E-state index contributed by atoms with van der Waals surface area (Å²) < 4.78 is 0. The molecule has 0 atom stereocenters. The van der Waals surface area contributed by atoms with Gasteiger partial charge in [0.2, 0.25) is 11.2 Å². The van der Waals surface area contributed by atoms with E-state index in [1.807, 2.05) is 0 Å². The summed E-state index contributed by atoms with van der Waals surface area (Å²) in [7, 11) is 0. The van der Waals surface area contributed by atoms with Crippen molar-refractivity contribution < 1.29 is 19.8 Å². The summed E-state index contributed by atoms with van der Waals surface area (Å²) in [5.74, 6) is -3.69. The first kappa shape index (κ1) is 10.1. The lowest BCUT2D eigenvalue weighted by atomic mass is 9.95. The first-order chi connectivity index (χ1) is 7.52. The lowest BCUT2D eigenvalue weighted by Crippen LogP contribution is -2.21. The Morgan fingerprint density at radius 1 is 0.938 bits per heavy atom. The number of rotatable bonds is 0. The molecule has 2 N–H and O–H groups in total. The van der Waals surface area contributed by atoms with E-state index in [1.54, 1.807) is 0 Å². The molecule has 2 rings (SSSR count). The van der Waals surface area contributed by atoms with E-state index in [4.69, 9.17) is 5.11 Å². The summed E-state index contributed by atoms with van der Waals surface area (Å²) >= 11 is 0. The molecule has 1 aliphatic rings. The van der Waals surface area contributed by atoms with Crippen LogP contribution in [0.5, 0.6) is 5.75 Å². The normalized spacial score (nSPS) is 14.4. The zero-order chi connectivity index (χ0) is 11.9. The van der Waals surface area contributed by atoms with Crippen molar-refractivity contribution in [2.75, 3.05) is 0 Å². The van der Waals surface area contributed by atoms with E-state index in [0.29, 0.717) is 0 Å². The zero-order valence-corrected chi connectivity index (χ0v) is 7.93. The molecule has 1 aliphatic carbocycles. The molecule has 0 unspecified atom stereocenters. The standard InChI is InChI=1S/C11H6O5/c12-6-3-1-2-5-4-7(13)10(15)11(16)8(5)9(6)14/h1-4,13H,(H,12,14). The highest BCUT2D eigenvalue weighted by Crippen LogP contribution is 2.24. The van der Waals surface area contributed by atoms with Gasteiger partial charge in [0.25, 0.3) is 5.78 Å². The third-order valence-electron chi connectivity index (χ3n) is 2.24. The molecule has 16 heavy (non-hydrogen) atoms. The van der Waals surface area contributed by atoms with Gasteiger partial charge < -0.3 is 10.2 Å². The molecule has 0 radical (unpaired) electrons. The van der Waals surface area contributed by atoms with Crippen LogP contribution in [-0.2, 0) is 4.79 Å². The number of fused-ring (bicyclic) bond motifs is 1. The molecule has 1 aromatic carbocycles. The number of allylic oxidation sites excluding steroid dienone is 1. The molecule has 0 amide bonds. The molecule has 0 bridgehead atoms. The van der Waals surface area contributed by atoms with Gasteiger partial charge in [-0.3, -0.25) is 14.4 Å². The minimum absolute atomic E-state index is 0.140. The number of aliphatic hydroxyl groups excluding tert-OH is 1. The largest absolute Gasteiger partial charge is 0.504 e. The number of carbonyl (C=O) groups is 2. The summed E-state index contributed by atoms with van der Waals surface area (Å²) in [6, 6.07) is 3.75. The van der Waals surface area contributed by atoms with Crippen molar-refractivity contribution in [2.24, 2.45) is 0 Å². The fraction of sp³-hybridized carbons (Fsp3) is 0. The van der Waals surface area contributed by atoms with Gasteiger partial charge in [-0.05, 0) is 17.7 Å². The van der Waals surface area contributed by atoms with E-state index in [-0.39, 0.29) is 11.1 Å². The van der Waals surface area contributed by atoms with Crippen LogP contribution in [0.3, 0.4) is 0 Å². The van der Waals surface area contributed by atoms with Gasteiger partial charge in [0, 0.05) is 0 Å². The fourth-order valence-electron chi connectivity index (χ4n) is 1.46. The second-order valence-corrected chi connectivity index (χ2v) is 3.26. The smallest absolute Gasteiger partial charge is 0.267 e. The number of ketones is 2. The zero-order valence-electron chi connectivity index (χ0n) is 7.93. The van der Waals surface area contributed by atoms with E-state index >= 15 is 0 Å². The highest BCUT2D eigenvalue weighted by atomic mass is 16.3. The highest BCUT2D eigenvalue weighted by Gasteiger charge is 2.30. The van der Waals surface area contributed by atoms with Crippen LogP contribution < -0.4 is 5.43 Å². The van der Waals surface area contributed by atoms with Crippen LogP contribution in [0.25, 0.3) is 6.08 Å². The first-order valence-corrected chi connectivity index (χ1v) is 4.38. The lowest BCUT2D eigenvalue weighted by molar-refractivity contribution is -0.114. The monoisotopic (exact) mass is 218 g/mol. The van der Waals surface area contributed by atoms with Gasteiger partial charge in [-0.25, -0.2) is 0 Å². The number of hydrogen-bond donors (Lipinski definition) is 2. The van der Waals surface area contributed by atoms with Crippen LogP contribution in [0.1, 0.15) is 15.9 Å². The number of hydrogen-bond acceptors (Lipinski definition) is 5. The predicted molar refractivity (Wildman–Crippen MR) is 54.3 cm³/mol. The number of Topliss-reactive ketones (excluding diaryl/α,β-unsaturated/α-hetero) is 2. The molecule has 0 aromatic heterocycles. The van der Waals surface area contributed by atoms with Crippen molar-refractivity contribution in [1.29, 1.82) is 0 Å². The molecule has 0 fully saturated rings. The Bertz CT molecular complexity index is 598. The summed E-state index contributed by atoms with van der Waals surface area (Å²) in [5, 5.41) is 18.6. The molecule has 0 saturated heterocycles. The molecule has 80 valence electrons. The molecular formula is C11H6O5. The quantitative estimate of drug-likeness (QED) is 0.615. The average molecular weight is 218 g/mol. The maximum Gasteiger partial charge on any atom is 0.267 e. The Labute approximate surface area is 89.3 Å². The van der Waals surface area contributed by atoms with Crippen LogP contribution in [0, 0.1) is 0 Å². The molecule has 1 aromatic rings. The van der Waals surface area contributed by atoms with Crippen molar-refractivity contribution in [3.8, 4) is 5.75 Å². The molecule has 5 nitrogen and oxygen atoms in total. The summed E-state index contributed by atoms with van der Waals surface area (Å²) in [6.07, 6.45) is 1.04. The van der Waals surface area contributed by atoms with Gasteiger partial charge in [0.1, 0.15) is 0 Å². The lowest BCUT2D eigenvalue weighted by Gasteiger charge is -2.08. The van der Waals surface area contributed by atoms with E-state index < -0.39 is 28.5 Å². The molecule has 0 spiro atoms. The van der Waals surface area contributed by atoms with E-state index in [0.717, 1.165) is 12.1 Å². The molecular weight excluding hydrogens is 212 g/mol. The van der Waals surface area contributed by atoms with Crippen molar-refractivity contribution in [3.63, 3.8) is 0 Å². The second kappa shape index (κ2) is 3.30. The Morgan fingerprint density at radius 3 is 2.31 bits per heavy atom. The second-order valence-electron chi connectivity index (χ2n) is 3.26. The van der Waals surface area contributed by atoms with Crippen LogP contribution in [-0.4, -0.2) is 21.8 Å². The minimum atomic E-state index is -1.13.